The van der Waals surface area contributed by atoms with Crippen LogP contribution in [0.15, 0.2) is 0 Å². The van der Waals surface area contributed by atoms with Gasteiger partial charge >= 0.3 is 0 Å². The van der Waals surface area contributed by atoms with Gasteiger partial charge in [0.25, 0.3) is 0 Å². The van der Waals surface area contributed by atoms with Gasteiger partial charge < -0.3 is 5.32 Å². The standard InChI is InChI=1S/C16H29N/c1-15(2,3)12-6-8-16(9-7-12)10-13(16)11-17-14-4-5-14/h12-14,17H,4-11H2,1-3H3. The molecular formula is C16H29N. The summed E-state index contributed by atoms with van der Waals surface area (Å²) in [5.41, 5.74) is 1.34. The highest BCUT2D eigenvalue weighted by Gasteiger charge is 2.55. The zero-order chi connectivity index (χ0) is 12.1. The Balaban J connectivity index is 1.45. The van der Waals surface area contributed by atoms with Crippen molar-refractivity contribution >= 4 is 0 Å². The van der Waals surface area contributed by atoms with E-state index in [0.29, 0.717) is 5.41 Å². The lowest BCUT2D eigenvalue weighted by molar-refractivity contribution is 0.134. The Bertz CT molecular complexity index is 276. The number of hydrogen-bond donors (Lipinski definition) is 1. The first-order valence-electron chi connectivity index (χ1n) is 7.73. The van der Waals surface area contributed by atoms with Crippen molar-refractivity contribution in [2.75, 3.05) is 6.54 Å². The van der Waals surface area contributed by atoms with Gasteiger partial charge in [0.1, 0.15) is 0 Å². The predicted octanol–water partition coefficient (Wildman–Crippen LogP) is 3.98. The van der Waals surface area contributed by atoms with Crippen LogP contribution < -0.4 is 5.32 Å². The largest absolute Gasteiger partial charge is 0.314 e. The molecule has 0 aromatic rings. The molecule has 1 unspecified atom stereocenters. The molecule has 3 saturated carbocycles. The third-order valence-electron chi connectivity index (χ3n) is 5.80. The van der Waals surface area contributed by atoms with E-state index in [1.165, 1.54) is 51.5 Å². The fourth-order valence-electron chi connectivity index (χ4n) is 3.99. The van der Waals surface area contributed by atoms with Gasteiger partial charge in [-0.05, 0) is 74.2 Å². The van der Waals surface area contributed by atoms with Crippen LogP contribution in [0.1, 0.15) is 65.7 Å². The minimum atomic E-state index is 0.540. The van der Waals surface area contributed by atoms with E-state index in [2.05, 4.69) is 26.1 Å². The van der Waals surface area contributed by atoms with Gasteiger partial charge in [-0.1, -0.05) is 20.8 Å². The molecule has 1 nitrogen and oxygen atoms in total. The minimum Gasteiger partial charge on any atom is -0.314 e. The summed E-state index contributed by atoms with van der Waals surface area (Å²) in [5.74, 6) is 2.01. The lowest BCUT2D eigenvalue weighted by atomic mass is 9.68. The highest BCUT2D eigenvalue weighted by Crippen LogP contribution is 2.63. The number of nitrogens with one attached hydrogen (secondary N) is 1. The number of rotatable bonds is 3. The molecule has 1 N–H and O–H groups in total. The molecule has 3 fully saturated rings. The Morgan fingerprint density at radius 2 is 1.71 bits per heavy atom. The fourth-order valence-corrected chi connectivity index (χ4v) is 3.99. The van der Waals surface area contributed by atoms with E-state index in [4.69, 9.17) is 0 Å². The van der Waals surface area contributed by atoms with Gasteiger partial charge in [-0.3, -0.25) is 0 Å². The summed E-state index contributed by atoms with van der Waals surface area (Å²) in [6.07, 6.45) is 10.4. The van der Waals surface area contributed by atoms with Crippen molar-refractivity contribution in [2.24, 2.45) is 22.7 Å². The lowest BCUT2D eigenvalue weighted by Gasteiger charge is -2.37. The van der Waals surface area contributed by atoms with Crippen molar-refractivity contribution in [2.45, 2.75) is 71.8 Å². The van der Waals surface area contributed by atoms with E-state index in [0.717, 1.165) is 23.3 Å². The molecule has 3 aliphatic carbocycles. The lowest BCUT2D eigenvalue weighted by Crippen LogP contribution is -2.29. The third-order valence-corrected chi connectivity index (χ3v) is 5.80. The second-order valence-electron chi connectivity index (χ2n) is 8.09. The van der Waals surface area contributed by atoms with Gasteiger partial charge in [-0.25, -0.2) is 0 Å². The minimum absolute atomic E-state index is 0.540. The van der Waals surface area contributed by atoms with Crippen molar-refractivity contribution in [1.29, 1.82) is 0 Å². The molecule has 3 rings (SSSR count). The molecular weight excluding hydrogens is 206 g/mol. The van der Waals surface area contributed by atoms with Crippen molar-refractivity contribution in [3.8, 4) is 0 Å². The van der Waals surface area contributed by atoms with Crippen LogP contribution in [0, 0.1) is 22.7 Å². The Morgan fingerprint density at radius 3 is 2.24 bits per heavy atom. The van der Waals surface area contributed by atoms with E-state index >= 15 is 0 Å². The summed E-state index contributed by atoms with van der Waals surface area (Å²) in [4.78, 5) is 0. The molecule has 0 aromatic carbocycles. The second kappa shape index (κ2) is 3.98. The quantitative estimate of drug-likeness (QED) is 0.780. The molecule has 0 bridgehead atoms. The van der Waals surface area contributed by atoms with Gasteiger partial charge in [0, 0.05) is 6.04 Å². The Morgan fingerprint density at radius 1 is 1.06 bits per heavy atom. The molecule has 0 heterocycles. The van der Waals surface area contributed by atoms with Crippen molar-refractivity contribution in [3.63, 3.8) is 0 Å². The maximum Gasteiger partial charge on any atom is 0.00683 e. The second-order valence-corrected chi connectivity index (χ2v) is 8.09. The molecule has 3 aliphatic rings. The molecule has 0 aliphatic heterocycles. The predicted molar refractivity (Wildman–Crippen MR) is 73.0 cm³/mol. The maximum absolute atomic E-state index is 3.73. The molecule has 1 spiro atoms. The van der Waals surface area contributed by atoms with Crippen LogP contribution in [0.5, 0.6) is 0 Å². The van der Waals surface area contributed by atoms with Crippen molar-refractivity contribution < 1.29 is 0 Å². The van der Waals surface area contributed by atoms with Gasteiger partial charge in [-0.15, -0.1) is 0 Å². The SMILES string of the molecule is CC(C)(C)C1CCC2(CC1)CC2CNC1CC1. The highest BCUT2D eigenvalue weighted by atomic mass is 15.0. The molecule has 0 radical (unpaired) electrons. The normalized spacial score (nSPS) is 41.8. The average molecular weight is 235 g/mol. The van der Waals surface area contributed by atoms with E-state index < -0.39 is 0 Å². The Hall–Kier alpha value is -0.0400. The summed E-state index contributed by atoms with van der Waals surface area (Å²) >= 11 is 0. The monoisotopic (exact) mass is 235 g/mol. The van der Waals surface area contributed by atoms with Crippen LogP contribution in [-0.4, -0.2) is 12.6 Å². The summed E-state index contributed by atoms with van der Waals surface area (Å²) in [6.45, 7) is 8.60. The zero-order valence-electron chi connectivity index (χ0n) is 11.9. The summed E-state index contributed by atoms with van der Waals surface area (Å²) in [5, 5.41) is 3.73. The number of hydrogen-bond acceptors (Lipinski definition) is 1. The summed E-state index contributed by atoms with van der Waals surface area (Å²) in [6, 6.07) is 0.901. The van der Waals surface area contributed by atoms with Crippen molar-refractivity contribution in [1.82, 2.24) is 5.32 Å². The summed E-state index contributed by atoms with van der Waals surface area (Å²) in [7, 11) is 0. The molecule has 1 heteroatoms. The maximum atomic E-state index is 3.73. The Labute approximate surface area is 107 Å². The smallest absolute Gasteiger partial charge is 0.00683 e. The zero-order valence-corrected chi connectivity index (χ0v) is 11.9. The first kappa shape index (κ1) is 12.0. The molecule has 98 valence electrons. The van der Waals surface area contributed by atoms with Gasteiger partial charge in [0.05, 0.1) is 0 Å². The molecule has 0 saturated heterocycles. The van der Waals surface area contributed by atoms with E-state index in [1.807, 2.05) is 0 Å². The van der Waals surface area contributed by atoms with Crippen LogP contribution in [0.2, 0.25) is 0 Å². The van der Waals surface area contributed by atoms with Crippen LogP contribution >= 0.6 is 0 Å². The molecule has 0 amide bonds. The topological polar surface area (TPSA) is 12.0 Å². The molecule has 17 heavy (non-hydrogen) atoms. The van der Waals surface area contributed by atoms with Gasteiger partial charge in [-0.2, -0.15) is 0 Å². The first-order chi connectivity index (χ1) is 8.00. The third kappa shape index (κ3) is 2.54. The van der Waals surface area contributed by atoms with Crippen LogP contribution in [0.25, 0.3) is 0 Å². The van der Waals surface area contributed by atoms with E-state index in [1.54, 1.807) is 0 Å². The van der Waals surface area contributed by atoms with Crippen molar-refractivity contribution in [3.05, 3.63) is 0 Å². The highest BCUT2D eigenvalue weighted by molar-refractivity contribution is 5.06. The average Bonchev–Trinajstić information content (AvgIpc) is 3.13. The molecule has 0 aromatic heterocycles. The van der Waals surface area contributed by atoms with Crippen LogP contribution in [0.3, 0.4) is 0 Å². The van der Waals surface area contributed by atoms with Gasteiger partial charge in [0.2, 0.25) is 0 Å². The summed E-state index contributed by atoms with van der Waals surface area (Å²) < 4.78 is 0. The fraction of sp³-hybridized carbons (Fsp3) is 1.00. The van der Waals surface area contributed by atoms with Crippen LogP contribution in [-0.2, 0) is 0 Å². The van der Waals surface area contributed by atoms with Gasteiger partial charge in [0.15, 0.2) is 0 Å². The first-order valence-corrected chi connectivity index (χ1v) is 7.73. The van der Waals surface area contributed by atoms with E-state index in [9.17, 15) is 0 Å². The van der Waals surface area contributed by atoms with E-state index in [-0.39, 0.29) is 0 Å². The van der Waals surface area contributed by atoms with Crippen LogP contribution in [0.4, 0.5) is 0 Å². The Kier molecular flexibility index (Phi) is 2.81. The molecule has 1 atom stereocenters.